The molecule has 0 saturated heterocycles. The lowest BCUT2D eigenvalue weighted by Gasteiger charge is -2.19. The van der Waals surface area contributed by atoms with Gasteiger partial charge in [0, 0.05) is 24.5 Å². The van der Waals surface area contributed by atoms with Crippen LogP contribution in [0.4, 0.5) is 0 Å². The lowest BCUT2D eigenvalue weighted by Crippen LogP contribution is -2.22. The molecule has 96 valence electrons. The first kappa shape index (κ1) is 13.8. The van der Waals surface area contributed by atoms with Crippen molar-refractivity contribution in [3.05, 3.63) is 50.4 Å². The first-order valence-electron chi connectivity index (χ1n) is 5.68. The van der Waals surface area contributed by atoms with Gasteiger partial charge in [0.25, 0.3) is 0 Å². The molecule has 0 spiro atoms. The standard InChI is InChI=1S/C13H14Cl2N2S/c1-8(10-4-3-5-16-7-10)17-9(2)11-6-12(14)18-13(11)15/h3-9,17H,1-2H3/t8-,9?/m1/s1. The van der Waals surface area contributed by atoms with Gasteiger partial charge in [-0.2, -0.15) is 0 Å². The second-order valence-corrected chi connectivity index (χ2v) is 6.46. The molecular formula is C13H14Cl2N2S. The number of nitrogens with one attached hydrogen (secondary N) is 1. The zero-order chi connectivity index (χ0) is 13.1. The Kier molecular flexibility index (Phi) is 4.62. The third-order valence-corrected chi connectivity index (χ3v) is 4.35. The van der Waals surface area contributed by atoms with Gasteiger partial charge in [-0.25, -0.2) is 0 Å². The SMILES string of the molecule is CC(N[C@H](C)c1cccnc1)c1cc(Cl)sc1Cl. The van der Waals surface area contributed by atoms with E-state index in [0.717, 1.165) is 19.8 Å². The van der Waals surface area contributed by atoms with Gasteiger partial charge in [0.1, 0.15) is 0 Å². The largest absolute Gasteiger partial charge is 0.304 e. The smallest absolute Gasteiger partial charge is 0.0991 e. The molecule has 2 nitrogen and oxygen atoms in total. The molecule has 5 heteroatoms. The molecule has 1 unspecified atom stereocenters. The van der Waals surface area contributed by atoms with Gasteiger partial charge < -0.3 is 5.32 Å². The van der Waals surface area contributed by atoms with E-state index in [1.54, 1.807) is 6.20 Å². The van der Waals surface area contributed by atoms with Crippen molar-refractivity contribution in [2.75, 3.05) is 0 Å². The Hall–Kier alpha value is -0.610. The summed E-state index contributed by atoms with van der Waals surface area (Å²) in [7, 11) is 0. The predicted octanol–water partition coefficient (Wildman–Crippen LogP) is 4.86. The quantitative estimate of drug-likeness (QED) is 0.872. The molecule has 0 saturated carbocycles. The molecule has 0 aliphatic heterocycles. The van der Waals surface area contributed by atoms with Crippen LogP contribution in [0.1, 0.15) is 37.1 Å². The van der Waals surface area contributed by atoms with Crippen molar-refractivity contribution in [1.82, 2.24) is 10.3 Å². The summed E-state index contributed by atoms with van der Waals surface area (Å²) >= 11 is 13.5. The van der Waals surface area contributed by atoms with Crippen molar-refractivity contribution < 1.29 is 0 Å². The highest BCUT2D eigenvalue weighted by Crippen LogP contribution is 2.35. The number of hydrogen-bond donors (Lipinski definition) is 1. The summed E-state index contributed by atoms with van der Waals surface area (Å²) in [5.74, 6) is 0. The average molecular weight is 301 g/mol. The van der Waals surface area contributed by atoms with E-state index in [1.165, 1.54) is 11.3 Å². The number of aromatic nitrogens is 1. The van der Waals surface area contributed by atoms with Gasteiger partial charge in [0.2, 0.25) is 0 Å². The second kappa shape index (κ2) is 6.02. The molecule has 18 heavy (non-hydrogen) atoms. The molecule has 2 heterocycles. The number of nitrogens with zero attached hydrogens (tertiary/aromatic N) is 1. The lowest BCUT2D eigenvalue weighted by molar-refractivity contribution is 0.495. The third kappa shape index (κ3) is 3.23. The van der Waals surface area contributed by atoms with Gasteiger partial charge in [-0.05, 0) is 37.1 Å². The minimum absolute atomic E-state index is 0.149. The van der Waals surface area contributed by atoms with Crippen molar-refractivity contribution in [3.63, 3.8) is 0 Å². The molecule has 2 rings (SSSR count). The van der Waals surface area contributed by atoms with Crippen LogP contribution >= 0.6 is 34.5 Å². The lowest BCUT2D eigenvalue weighted by atomic mass is 10.1. The fourth-order valence-corrected chi connectivity index (χ4v) is 3.49. The summed E-state index contributed by atoms with van der Waals surface area (Å²) in [5.41, 5.74) is 2.20. The van der Waals surface area contributed by atoms with Crippen molar-refractivity contribution >= 4 is 34.5 Å². The van der Waals surface area contributed by atoms with Crippen LogP contribution in [0.5, 0.6) is 0 Å². The summed E-state index contributed by atoms with van der Waals surface area (Å²) in [6, 6.07) is 6.27. The summed E-state index contributed by atoms with van der Waals surface area (Å²) < 4.78 is 1.47. The monoisotopic (exact) mass is 300 g/mol. The van der Waals surface area contributed by atoms with Crippen LogP contribution in [0.3, 0.4) is 0 Å². The van der Waals surface area contributed by atoms with E-state index >= 15 is 0 Å². The zero-order valence-electron chi connectivity index (χ0n) is 10.2. The van der Waals surface area contributed by atoms with E-state index in [-0.39, 0.29) is 12.1 Å². The molecule has 0 aliphatic carbocycles. The number of halogens is 2. The van der Waals surface area contributed by atoms with Crippen LogP contribution in [0.15, 0.2) is 30.6 Å². The Morgan fingerprint density at radius 2 is 2.06 bits per heavy atom. The van der Waals surface area contributed by atoms with Crippen molar-refractivity contribution in [1.29, 1.82) is 0 Å². The maximum atomic E-state index is 6.15. The van der Waals surface area contributed by atoms with E-state index in [2.05, 4.69) is 30.2 Å². The Balaban J connectivity index is 2.08. The predicted molar refractivity (Wildman–Crippen MR) is 78.5 cm³/mol. The average Bonchev–Trinajstić information content (AvgIpc) is 2.69. The summed E-state index contributed by atoms with van der Waals surface area (Å²) in [4.78, 5) is 4.12. The molecule has 0 amide bonds. The molecule has 1 N–H and O–H groups in total. The fraction of sp³-hybridized carbons (Fsp3) is 0.308. The van der Waals surface area contributed by atoms with Gasteiger partial charge in [-0.3, -0.25) is 4.98 Å². The molecule has 0 bridgehead atoms. The van der Waals surface area contributed by atoms with Gasteiger partial charge >= 0.3 is 0 Å². The van der Waals surface area contributed by atoms with Crippen LogP contribution < -0.4 is 5.32 Å². The number of pyridine rings is 1. The van der Waals surface area contributed by atoms with E-state index in [0.29, 0.717) is 0 Å². The van der Waals surface area contributed by atoms with E-state index < -0.39 is 0 Å². The van der Waals surface area contributed by atoms with Crippen molar-refractivity contribution in [2.24, 2.45) is 0 Å². The molecule has 2 aromatic heterocycles. The molecule has 0 radical (unpaired) electrons. The molecule has 2 aromatic rings. The van der Waals surface area contributed by atoms with Crippen LogP contribution in [0, 0.1) is 0 Å². The Morgan fingerprint density at radius 3 is 2.61 bits per heavy atom. The van der Waals surface area contributed by atoms with Crippen LogP contribution in [-0.2, 0) is 0 Å². The first-order chi connectivity index (χ1) is 8.58. The maximum Gasteiger partial charge on any atom is 0.0991 e. The van der Waals surface area contributed by atoms with Crippen LogP contribution in [0.2, 0.25) is 8.67 Å². The molecule has 0 aromatic carbocycles. The third-order valence-electron chi connectivity index (χ3n) is 2.83. The Labute approximate surface area is 121 Å². The molecule has 2 atom stereocenters. The van der Waals surface area contributed by atoms with E-state index in [9.17, 15) is 0 Å². The second-order valence-electron chi connectivity index (χ2n) is 4.18. The zero-order valence-corrected chi connectivity index (χ0v) is 12.5. The minimum Gasteiger partial charge on any atom is -0.304 e. The van der Waals surface area contributed by atoms with E-state index in [4.69, 9.17) is 23.2 Å². The number of thiophene rings is 1. The van der Waals surface area contributed by atoms with Gasteiger partial charge in [0.15, 0.2) is 0 Å². The Morgan fingerprint density at radius 1 is 1.28 bits per heavy atom. The van der Waals surface area contributed by atoms with E-state index in [1.807, 2.05) is 18.3 Å². The number of rotatable bonds is 4. The highest BCUT2D eigenvalue weighted by atomic mass is 35.5. The van der Waals surface area contributed by atoms with Gasteiger partial charge in [-0.1, -0.05) is 29.3 Å². The summed E-state index contributed by atoms with van der Waals surface area (Å²) in [5, 5.41) is 3.49. The van der Waals surface area contributed by atoms with Gasteiger partial charge in [-0.15, -0.1) is 11.3 Å². The molecule has 0 aliphatic rings. The Bertz CT molecular complexity index is 513. The van der Waals surface area contributed by atoms with Crippen molar-refractivity contribution in [2.45, 2.75) is 25.9 Å². The first-order valence-corrected chi connectivity index (χ1v) is 7.26. The van der Waals surface area contributed by atoms with Crippen molar-refractivity contribution in [3.8, 4) is 0 Å². The fourth-order valence-electron chi connectivity index (χ4n) is 1.84. The normalized spacial score (nSPS) is 14.4. The highest BCUT2D eigenvalue weighted by Gasteiger charge is 2.16. The highest BCUT2D eigenvalue weighted by molar-refractivity contribution is 7.20. The topological polar surface area (TPSA) is 24.9 Å². The minimum atomic E-state index is 0.149. The number of hydrogen-bond acceptors (Lipinski definition) is 3. The van der Waals surface area contributed by atoms with Crippen LogP contribution in [-0.4, -0.2) is 4.98 Å². The molecular weight excluding hydrogens is 287 g/mol. The van der Waals surface area contributed by atoms with Gasteiger partial charge in [0.05, 0.1) is 8.67 Å². The maximum absolute atomic E-state index is 6.15. The molecule has 0 fully saturated rings. The summed E-state index contributed by atoms with van der Waals surface area (Å²) in [6.07, 6.45) is 3.64. The summed E-state index contributed by atoms with van der Waals surface area (Å²) in [6.45, 7) is 4.19. The van der Waals surface area contributed by atoms with Crippen LogP contribution in [0.25, 0.3) is 0 Å².